The number of benzene rings is 1. The Morgan fingerprint density at radius 2 is 1.65 bits per heavy atom. The number of para-hydroxylation sites is 2. The Kier molecular flexibility index (Phi) is 5.89. The number of nitrogens with zero attached hydrogens (tertiary/aromatic N) is 4. The van der Waals surface area contributed by atoms with Crippen molar-refractivity contribution in [2.24, 2.45) is 35.5 Å². The van der Waals surface area contributed by atoms with Crippen molar-refractivity contribution in [2.45, 2.75) is 108 Å². The third-order valence-corrected chi connectivity index (χ3v) is 12.5. The Labute approximate surface area is 236 Å². The third kappa shape index (κ3) is 3.75. The number of aliphatic carboxylic acids is 1. The van der Waals surface area contributed by atoms with Crippen molar-refractivity contribution in [3.63, 3.8) is 0 Å². The molecule has 0 amide bonds. The standard InChI is InChI=1S/C33H44N4O3/c1-18-10-19(2)30-17-24(16-29(18)36(30)23-12-20-11-21-14-22(15-23)25(21)13-20)37-27-7-4-3-6-26(27)34-31(32(37)38)35-9-5-8-28(35)33(39)40/h3-4,6-7,18-25,28-30H,5,8-17H2,1-2H3,(H,39,40). The molecule has 0 radical (unpaired) electrons. The number of carboxylic acid groups (broad SMARTS) is 1. The van der Waals surface area contributed by atoms with Gasteiger partial charge in [-0.15, -0.1) is 0 Å². The molecule has 7 heteroatoms. The molecule has 40 heavy (non-hydrogen) atoms. The number of rotatable bonds is 4. The Balaban J connectivity index is 1.18. The average Bonchev–Trinajstić information content (AvgIpc) is 3.49. The molecule has 10 atom stereocenters. The molecule has 7 nitrogen and oxygen atoms in total. The van der Waals surface area contributed by atoms with E-state index in [1.807, 2.05) is 28.8 Å². The second-order valence-corrected chi connectivity index (χ2v) is 14.6. The summed E-state index contributed by atoms with van der Waals surface area (Å²) in [5.41, 5.74) is 1.59. The highest BCUT2D eigenvalue weighted by molar-refractivity contribution is 5.80. The lowest BCUT2D eigenvalue weighted by Gasteiger charge is -2.58. The van der Waals surface area contributed by atoms with E-state index in [2.05, 4.69) is 18.7 Å². The molecule has 3 aliphatic carbocycles. The van der Waals surface area contributed by atoms with Crippen LogP contribution < -0.4 is 10.5 Å². The van der Waals surface area contributed by atoms with Crippen LogP contribution in [0.1, 0.15) is 84.1 Å². The molecule has 4 bridgehead atoms. The van der Waals surface area contributed by atoms with E-state index in [4.69, 9.17) is 4.98 Å². The molecule has 2 aromatic rings. The van der Waals surface area contributed by atoms with Crippen LogP contribution in [0.25, 0.3) is 11.0 Å². The van der Waals surface area contributed by atoms with Gasteiger partial charge in [0.2, 0.25) is 0 Å². The lowest BCUT2D eigenvalue weighted by Crippen LogP contribution is -2.63. The maximum atomic E-state index is 14.3. The quantitative estimate of drug-likeness (QED) is 0.561. The van der Waals surface area contributed by atoms with E-state index in [0.717, 1.165) is 54.0 Å². The summed E-state index contributed by atoms with van der Waals surface area (Å²) in [4.78, 5) is 36.0. The Hall–Kier alpha value is -2.41. The van der Waals surface area contributed by atoms with Gasteiger partial charge in [0.1, 0.15) is 6.04 Å². The van der Waals surface area contributed by atoms with Gasteiger partial charge in [0.05, 0.1) is 11.0 Å². The highest BCUT2D eigenvalue weighted by Crippen LogP contribution is 2.60. The van der Waals surface area contributed by atoms with Gasteiger partial charge < -0.3 is 14.6 Å². The molecule has 0 spiro atoms. The van der Waals surface area contributed by atoms with Crippen LogP contribution in [0.3, 0.4) is 0 Å². The number of fused-ring (bicyclic) bond motifs is 4. The van der Waals surface area contributed by atoms with Crippen LogP contribution in [0.15, 0.2) is 29.1 Å². The average molecular weight is 545 g/mol. The predicted octanol–water partition coefficient (Wildman–Crippen LogP) is 5.32. The zero-order valence-electron chi connectivity index (χ0n) is 24.0. The monoisotopic (exact) mass is 544 g/mol. The summed E-state index contributed by atoms with van der Waals surface area (Å²) in [7, 11) is 0. The van der Waals surface area contributed by atoms with Gasteiger partial charge in [-0.25, -0.2) is 9.78 Å². The first-order valence-corrected chi connectivity index (χ1v) is 16.2. The summed E-state index contributed by atoms with van der Waals surface area (Å²) in [5, 5.41) is 9.88. The molecule has 1 aromatic heterocycles. The maximum Gasteiger partial charge on any atom is 0.326 e. The number of hydrogen-bond donors (Lipinski definition) is 1. The van der Waals surface area contributed by atoms with Gasteiger partial charge in [0.15, 0.2) is 5.82 Å². The van der Waals surface area contributed by atoms with Gasteiger partial charge in [0.25, 0.3) is 5.56 Å². The van der Waals surface area contributed by atoms with Crippen LogP contribution in [-0.2, 0) is 4.79 Å². The summed E-state index contributed by atoms with van der Waals surface area (Å²) in [6.07, 6.45) is 11.8. The van der Waals surface area contributed by atoms with E-state index in [1.165, 1.54) is 38.5 Å². The summed E-state index contributed by atoms with van der Waals surface area (Å²) in [6, 6.07) is 9.12. The largest absolute Gasteiger partial charge is 0.480 e. The van der Waals surface area contributed by atoms with Crippen molar-refractivity contribution in [2.75, 3.05) is 11.4 Å². The number of anilines is 1. The first kappa shape index (κ1) is 25.3. The Morgan fingerprint density at radius 1 is 0.900 bits per heavy atom. The van der Waals surface area contributed by atoms with E-state index in [9.17, 15) is 14.7 Å². The van der Waals surface area contributed by atoms with Crippen molar-refractivity contribution in [3.8, 4) is 0 Å². The van der Waals surface area contributed by atoms with Crippen molar-refractivity contribution < 1.29 is 9.90 Å². The minimum Gasteiger partial charge on any atom is -0.480 e. The summed E-state index contributed by atoms with van der Waals surface area (Å²) >= 11 is 0. The van der Waals surface area contributed by atoms with Gasteiger partial charge in [-0.05, 0) is 112 Å². The van der Waals surface area contributed by atoms with Crippen molar-refractivity contribution in [1.29, 1.82) is 0 Å². The maximum absolute atomic E-state index is 14.3. The van der Waals surface area contributed by atoms with Crippen LogP contribution >= 0.6 is 0 Å². The predicted molar refractivity (Wildman–Crippen MR) is 155 cm³/mol. The van der Waals surface area contributed by atoms with Crippen molar-refractivity contribution in [1.82, 2.24) is 14.5 Å². The molecular weight excluding hydrogens is 500 g/mol. The Morgan fingerprint density at radius 3 is 2.42 bits per heavy atom. The normalized spacial score (nSPS) is 42.5. The summed E-state index contributed by atoms with van der Waals surface area (Å²) in [6.45, 7) is 5.48. The second-order valence-electron chi connectivity index (χ2n) is 14.6. The minimum atomic E-state index is -0.862. The fourth-order valence-electron chi connectivity index (χ4n) is 10.8. The van der Waals surface area contributed by atoms with Crippen molar-refractivity contribution >= 4 is 22.8 Å². The van der Waals surface area contributed by atoms with Gasteiger partial charge in [-0.2, -0.15) is 0 Å². The zero-order chi connectivity index (χ0) is 27.3. The summed E-state index contributed by atoms with van der Waals surface area (Å²) < 4.78 is 2.04. The van der Waals surface area contributed by atoms with Gasteiger partial charge in [-0.1, -0.05) is 26.0 Å². The zero-order valence-corrected chi connectivity index (χ0v) is 24.0. The second kappa shape index (κ2) is 9.30. The number of hydrogen-bond acceptors (Lipinski definition) is 5. The molecule has 10 unspecified atom stereocenters. The highest BCUT2D eigenvalue weighted by atomic mass is 16.4. The fourth-order valence-corrected chi connectivity index (χ4v) is 10.8. The van der Waals surface area contributed by atoms with Gasteiger partial charge in [0, 0.05) is 30.7 Å². The molecule has 6 fully saturated rings. The first-order valence-electron chi connectivity index (χ1n) is 16.2. The Bertz CT molecular complexity index is 1370. The minimum absolute atomic E-state index is 0.101. The van der Waals surface area contributed by atoms with Crippen LogP contribution in [0.4, 0.5) is 5.82 Å². The molecule has 3 saturated heterocycles. The van der Waals surface area contributed by atoms with E-state index < -0.39 is 12.0 Å². The SMILES string of the molecule is CC1CC(C)C2CC(n3c(=O)c(N4CCCC4C(=O)O)nc4ccccc43)CC1N2C1CC2CC3CC(C1)C3C2. The number of carboxylic acids is 1. The van der Waals surface area contributed by atoms with Crippen LogP contribution in [0.5, 0.6) is 0 Å². The third-order valence-electron chi connectivity index (χ3n) is 12.5. The van der Waals surface area contributed by atoms with E-state index in [-0.39, 0.29) is 11.6 Å². The fraction of sp³-hybridized carbons (Fsp3) is 0.727. The highest BCUT2D eigenvalue weighted by Gasteiger charge is 2.55. The number of aromatic nitrogens is 2. The van der Waals surface area contributed by atoms with E-state index in [1.54, 1.807) is 4.90 Å². The van der Waals surface area contributed by atoms with E-state index >= 15 is 0 Å². The lowest BCUT2D eigenvalue weighted by molar-refractivity contribution is -0.138. The molecule has 4 heterocycles. The molecular formula is C33H44N4O3. The smallest absolute Gasteiger partial charge is 0.326 e. The molecule has 6 aliphatic rings. The number of piperidine rings is 2. The van der Waals surface area contributed by atoms with Crippen LogP contribution in [0, 0.1) is 35.5 Å². The van der Waals surface area contributed by atoms with E-state index in [0.29, 0.717) is 48.7 Å². The topological polar surface area (TPSA) is 78.7 Å². The van der Waals surface area contributed by atoms with Crippen LogP contribution in [0.2, 0.25) is 0 Å². The molecule has 3 saturated carbocycles. The number of carbonyl (C=O) groups is 1. The molecule has 8 rings (SSSR count). The molecule has 1 aromatic carbocycles. The molecule has 1 N–H and O–H groups in total. The lowest BCUT2D eigenvalue weighted by atomic mass is 9.63. The summed E-state index contributed by atoms with van der Waals surface area (Å²) in [5.74, 6) is 4.62. The molecule has 214 valence electrons. The van der Waals surface area contributed by atoms with Gasteiger partial charge >= 0.3 is 5.97 Å². The van der Waals surface area contributed by atoms with Gasteiger partial charge in [-0.3, -0.25) is 9.69 Å². The molecule has 3 aliphatic heterocycles. The van der Waals surface area contributed by atoms with Crippen LogP contribution in [-0.4, -0.2) is 56.2 Å². The van der Waals surface area contributed by atoms with Crippen molar-refractivity contribution in [3.05, 3.63) is 34.6 Å². The first-order chi connectivity index (χ1) is 19.4.